The predicted octanol–water partition coefficient (Wildman–Crippen LogP) is 0.506. The summed E-state index contributed by atoms with van der Waals surface area (Å²) >= 11 is 0. The SMILES string of the molecule is O=C(C1NNC2CCNCC21)N1CCC(COCc2ccccc2)C1. The van der Waals surface area contributed by atoms with Crippen molar-refractivity contribution in [2.75, 3.05) is 32.8 Å². The third-order valence-electron chi connectivity index (χ3n) is 5.71. The molecule has 4 rings (SSSR count). The molecular weight excluding hydrogens is 316 g/mol. The second kappa shape index (κ2) is 7.83. The van der Waals surface area contributed by atoms with Gasteiger partial charge >= 0.3 is 0 Å². The van der Waals surface area contributed by atoms with E-state index in [9.17, 15) is 4.79 Å². The molecule has 3 fully saturated rings. The van der Waals surface area contributed by atoms with E-state index in [1.54, 1.807) is 0 Å². The van der Waals surface area contributed by atoms with Crippen molar-refractivity contribution in [1.29, 1.82) is 0 Å². The summed E-state index contributed by atoms with van der Waals surface area (Å²) in [6.45, 7) is 4.98. The summed E-state index contributed by atoms with van der Waals surface area (Å²) in [6.07, 6.45) is 2.12. The first kappa shape index (κ1) is 17.0. The number of carbonyl (C=O) groups is 1. The number of hydrogen-bond acceptors (Lipinski definition) is 5. The second-order valence-corrected chi connectivity index (χ2v) is 7.47. The number of nitrogens with one attached hydrogen (secondary N) is 3. The van der Waals surface area contributed by atoms with E-state index < -0.39 is 0 Å². The predicted molar refractivity (Wildman–Crippen MR) is 95.6 cm³/mol. The van der Waals surface area contributed by atoms with Crippen molar-refractivity contribution in [1.82, 2.24) is 21.1 Å². The van der Waals surface area contributed by atoms with Gasteiger partial charge in [-0.15, -0.1) is 0 Å². The van der Waals surface area contributed by atoms with E-state index in [-0.39, 0.29) is 11.9 Å². The van der Waals surface area contributed by atoms with Gasteiger partial charge in [0.1, 0.15) is 6.04 Å². The zero-order valence-electron chi connectivity index (χ0n) is 14.6. The highest BCUT2D eigenvalue weighted by Gasteiger charge is 2.43. The zero-order chi connectivity index (χ0) is 17.1. The number of hydrazine groups is 1. The lowest BCUT2D eigenvalue weighted by Crippen LogP contribution is -2.50. The lowest BCUT2D eigenvalue weighted by atomic mass is 9.89. The summed E-state index contributed by atoms with van der Waals surface area (Å²) in [5.41, 5.74) is 7.76. The molecule has 0 bridgehead atoms. The van der Waals surface area contributed by atoms with Crippen LogP contribution < -0.4 is 16.2 Å². The smallest absolute Gasteiger partial charge is 0.241 e. The van der Waals surface area contributed by atoms with Crippen LogP contribution in [0.3, 0.4) is 0 Å². The maximum atomic E-state index is 12.9. The van der Waals surface area contributed by atoms with E-state index in [0.717, 1.165) is 45.6 Å². The van der Waals surface area contributed by atoms with E-state index in [1.807, 2.05) is 23.1 Å². The largest absolute Gasteiger partial charge is 0.376 e. The summed E-state index contributed by atoms with van der Waals surface area (Å²) in [5, 5.41) is 3.41. The normalized spacial score (nSPS) is 31.9. The maximum absolute atomic E-state index is 12.9. The molecule has 1 aromatic carbocycles. The van der Waals surface area contributed by atoms with Crippen LogP contribution in [-0.4, -0.2) is 55.7 Å². The Hall–Kier alpha value is -1.47. The number of nitrogens with zero attached hydrogens (tertiary/aromatic N) is 1. The molecule has 1 amide bonds. The fourth-order valence-electron chi connectivity index (χ4n) is 4.24. The molecule has 0 aliphatic carbocycles. The van der Waals surface area contributed by atoms with Crippen molar-refractivity contribution in [2.24, 2.45) is 11.8 Å². The van der Waals surface area contributed by atoms with Crippen molar-refractivity contribution in [3.63, 3.8) is 0 Å². The first-order chi connectivity index (χ1) is 12.3. The minimum Gasteiger partial charge on any atom is -0.376 e. The molecule has 0 saturated carbocycles. The Labute approximate surface area is 149 Å². The second-order valence-electron chi connectivity index (χ2n) is 7.47. The Kier molecular flexibility index (Phi) is 5.31. The van der Waals surface area contributed by atoms with Crippen LogP contribution in [0.15, 0.2) is 30.3 Å². The Morgan fingerprint density at radius 2 is 2.08 bits per heavy atom. The number of piperidine rings is 1. The number of likely N-dealkylation sites (tertiary alicyclic amines) is 1. The van der Waals surface area contributed by atoms with Crippen LogP contribution in [0.2, 0.25) is 0 Å². The molecular formula is C19H28N4O2. The monoisotopic (exact) mass is 344 g/mol. The van der Waals surface area contributed by atoms with Gasteiger partial charge in [-0.05, 0) is 24.9 Å². The fraction of sp³-hybridized carbons (Fsp3) is 0.632. The van der Waals surface area contributed by atoms with E-state index in [1.165, 1.54) is 5.56 Å². The first-order valence-corrected chi connectivity index (χ1v) is 9.43. The molecule has 3 N–H and O–H groups in total. The topological polar surface area (TPSA) is 65.6 Å². The number of carbonyl (C=O) groups excluding carboxylic acids is 1. The van der Waals surface area contributed by atoms with Crippen LogP contribution in [0.4, 0.5) is 0 Å². The van der Waals surface area contributed by atoms with Crippen LogP contribution in [0.5, 0.6) is 0 Å². The van der Waals surface area contributed by atoms with Crippen LogP contribution >= 0.6 is 0 Å². The highest BCUT2D eigenvalue weighted by molar-refractivity contribution is 5.83. The van der Waals surface area contributed by atoms with Gasteiger partial charge < -0.3 is 15.0 Å². The standard InChI is InChI=1S/C19H28N4O2/c24-19(18-16-10-20-8-6-17(16)21-22-18)23-9-7-15(11-23)13-25-12-14-4-2-1-3-5-14/h1-5,15-18,20-22H,6-13H2. The molecule has 0 spiro atoms. The zero-order valence-corrected chi connectivity index (χ0v) is 14.6. The number of benzene rings is 1. The summed E-state index contributed by atoms with van der Waals surface area (Å²) in [6, 6.07) is 10.6. The maximum Gasteiger partial charge on any atom is 0.241 e. The fourth-order valence-corrected chi connectivity index (χ4v) is 4.24. The van der Waals surface area contributed by atoms with Crippen molar-refractivity contribution >= 4 is 5.91 Å². The van der Waals surface area contributed by atoms with Crippen LogP contribution in [0, 0.1) is 11.8 Å². The molecule has 4 unspecified atom stereocenters. The number of rotatable bonds is 5. The lowest BCUT2D eigenvalue weighted by molar-refractivity contribution is -0.133. The van der Waals surface area contributed by atoms with Gasteiger partial charge in [-0.25, -0.2) is 5.43 Å². The Bertz CT molecular complexity index is 582. The molecule has 3 heterocycles. The average Bonchev–Trinajstić information content (AvgIpc) is 3.29. The summed E-state index contributed by atoms with van der Waals surface area (Å²) in [4.78, 5) is 14.9. The summed E-state index contributed by atoms with van der Waals surface area (Å²) in [5.74, 6) is 1.05. The Morgan fingerprint density at radius 3 is 2.96 bits per heavy atom. The first-order valence-electron chi connectivity index (χ1n) is 9.43. The van der Waals surface area contributed by atoms with Crippen molar-refractivity contribution in [3.05, 3.63) is 35.9 Å². The minimum absolute atomic E-state index is 0.0956. The minimum atomic E-state index is -0.0956. The molecule has 136 valence electrons. The lowest BCUT2D eigenvalue weighted by Gasteiger charge is -2.29. The Balaban J connectivity index is 1.24. The van der Waals surface area contributed by atoms with Gasteiger partial charge in [-0.3, -0.25) is 10.2 Å². The van der Waals surface area contributed by atoms with Crippen LogP contribution in [-0.2, 0) is 16.1 Å². The van der Waals surface area contributed by atoms with Crippen molar-refractivity contribution in [3.8, 4) is 0 Å². The van der Waals surface area contributed by atoms with E-state index >= 15 is 0 Å². The van der Waals surface area contributed by atoms with Gasteiger partial charge in [-0.2, -0.15) is 0 Å². The molecule has 0 aromatic heterocycles. The van der Waals surface area contributed by atoms with Crippen molar-refractivity contribution in [2.45, 2.75) is 31.5 Å². The van der Waals surface area contributed by atoms with Gasteiger partial charge in [0, 0.05) is 37.5 Å². The van der Waals surface area contributed by atoms with Gasteiger partial charge in [-0.1, -0.05) is 30.3 Å². The third kappa shape index (κ3) is 3.87. The van der Waals surface area contributed by atoms with Gasteiger partial charge in [0.05, 0.1) is 13.2 Å². The van der Waals surface area contributed by atoms with E-state index in [2.05, 4.69) is 28.3 Å². The molecule has 25 heavy (non-hydrogen) atoms. The molecule has 4 atom stereocenters. The van der Waals surface area contributed by atoms with Crippen LogP contribution in [0.1, 0.15) is 18.4 Å². The molecule has 3 aliphatic heterocycles. The molecule has 3 aliphatic rings. The van der Waals surface area contributed by atoms with Gasteiger partial charge in [0.15, 0.2) is 0 Å². The number of hydrogen-bond donors (Lipinski definition) is 3. The third-order valence-corrected chi connectivity index (χ3v) is 5.71. The summed E-state index contributed by atoms with van der Waals surface area (Å²) < 4.78 is 5.87. The van der Waals surface area contributed by atoms with Crippen molar-refractivity contribution < 1.29 is 9.53 Å². The Morgan fingerprint density at radius 1 is 1.20 bits per heavy atom. The highest BCUT2D eigenvalue weighted by Crippen LogP contribution is 2.24. The quantitative estimate of drug-likeness (QED) is 0.726. The summed E-state index contributed by atoms with van der Waals surface area (Å²) in [7, 11) is 0. The number of ether oxygens (including phenoxy) is 1. The molecule has 6 heteroatoms. The van der Waals surface area contributed by atoms with Gasteiger partial charge in [0.2, 0.25) is 5.91 Å². The molecule has 0 radical (unpaired) electrons. The average molecular weight is 344 g/mol. The van der Waals surface area contributed by atoms with Crippen LogP contribution in [0.25, 0.3) is 0 Å². The van der Waals surface area contributed by atoms with Gasteiger partial charge in [0.25, 0.3) is 0 Å². The number of fused-ring (bicyclic) bond motifs is 1. The molecule has 3 saturated heterocycles. The number of amides is 1. The molecule has 6 nitrogen and oxygen atoms in total. The van der Waals surface area contributed by atoms with E-state index in [4.69, 9.17) is 4.74 Å². The molecule has 1 aromatic rings. The van der Waals surface area contributed by atoms with E-state index in [0.29, 0.717) is 24.5 Å². The highest BCUT2D eigenvalue weighted by atomic mass is 16.5.